The van der Waals surface area contributed by atoms with Crippen LogP contribution in [-0.4, -0.2) is 40.3 Å². The normalized spacial score (nSPS) is 20.7. The van der Waals surface area contributed by atoms with Gasteiger partial charge in [-0.15, -0.1) is 0 Å². The summed E-state index contributed by atoms with van der Waals surface area (Å²) >= 11 is 0. The van der Waals surface area contributed by atoms with E-state index in [1.54, 1.807) is 17.9 Å². The maximum atomic E-state index is 12.2. The summed E-state index contributed by atoms with van der Waals surface area (Å²) in [6.07, 6.45) is 4.50. The molecule has 1 aliphatic heterocycles. The number of likely N-dealkylation sites (tertiary alicyclic amines) is 1. The van der Waals surface area contributed by atoms with E-state index in [-0.39, 0.29) is 12.1 Å². The summed E-state index contributed by atoms with van der Waals surface area (Å²) in [6.45, 7) is 7.91. The third-order valence-corrected chi connectivity index (χ3v) is 3.23. The molecule has 1 saturated heterocycles. The van der Waals surface area contributed by atoms with Crippen LogP contribution < -0.4 is 0 Å². The average molecular weight is 283 g/mol. The van der Waals surface area contributed by atoms with Crippen molar-refractivity contribution in [3.05, 3.63) is 11.6 Å². The molecule has 0 spiro atoms. The molecule has 0 aromatic heterocycles. The van der Waals surface area contributed by atoms with Crippen molar-refractivity contribution in [1.29, 1.82) is 0 Å². The quantitative estimate of drug-likeness (QED) is 0.808. The number of ether oxygens (including phenoxy) is 1. The summed E-state index contributed by atoms with van der Waals surface area (Å²) < 4.78 is 5.39. The predicted molar refractivity (Wildman–Crippen MR) is 76.6 cm³/mol. The second kappa shape index (κ2) is 6.77. The zero-order valence-electron chi connectivity index (χ0n) is 12.8. The Bertz CT molecular complexity index is 395. The first-order valence-electron chi connectivity index (χ1n) is 7.18. The number of rotatable bonds is 3. The van der Waals surface area contributed by atoms with E-state index in [4.69, 9.17) is 9.84 Å². The van der Waals surface area contributed by atoms with Gasteiger partial charge in [0.25, 0.3) is 0 Å². The summed E-state index contributed by atoms with van der Waals surface area (Å²) in [7, 11) is 0. The fraction of sp³-hybridized carbons (Fsp3) is 0.733. The number of carbonyl (C=O) groups excluding carboxylic acids is 1. The van der Waals surface area contributed by atoms with Crippen LogP contribution in [0.25, 0.3) is 0 Å². The van der Waals surface area contributed by atoms with E-state index >= 15 is 0 Å². The molecule has 1 aliphatic rings. The van der Waals surface area contributed by atoms with Gasteiger partial charge < -0.3 is 14.7 Å². The lowest BCUT2D eigenvalue weighted by atomic mass is 9.99. The van der Waals surface area contributed by atoms with Crippen molar-refractivity contribution in [2.45, 2.75) is 65.0 Å². The Kier molecular flexibility index (Phi) is 5.60. The van der Waals surface area contributed by atoms with Crippen LogP contribution in [0.5, 0.6) is 0 Å². The Morgan fingerprint density at radius 1 is 1.35 bits per heavy atom. The largest absolute Gasteiger partial charge is 0.478 e. The highest BCUT2D eigenvalue weighted by atomic mass is 16.6. The number of hydrogen-bond donors (Lipinski definition) is 1. The fourth-order valence-corrected chi connectivity index (χ4v) is 2.25. The van der Waals surface area contributed by atoms with E-state index in [1.807, 2.05) is 20.8 Å². The van der Waals surface area contributed by atoms with Gasteiger partial charge in [0.1, 0.15) is 5.60 Å². The molecule has 114 valence electrons. The molecule has 1 N–H and O–H groups in total. The lowest BCUT2D eigenvalue weighted by Crippen LogP contribution is -2.45. The van der Waals surface area contributed by atoms with Crippen LogP contribution in [0.3, 0.4) is 0 Å². The van der Waals surface area contributed by atoms with Crippen molar-refractivity contribution in [1.82, 2.24) is 4.90 Å². The van der Waals surface area contributed by atoms with Crippen molar-refractivity contribution >= 4 is 12.1 Å². The maximum Gasteiger partial charge on any atom is 0.410 e. The van der Waals surface area contributed by atoms with E-state index in [9.17, 15) is 9.59 Å². The molecule has 5 nitrogen and oxygen atoms in total. The van der Waals surface area contributed by atoms with Gasteiger partial charge in [-0.2, -0.15) is 0 Å². The van der Waals surface area contributed by atoms with Gasteiger partial charge in [0.2, 0.25) is 0 Å². The van der Waals surface area contributed by atoms with Crippen LogP contribution in [0.2, 0.25) is 0 Å². The standard InChI is InChI=1S/C15H25NO4/c1-5-11(13(17)18)10-12-8-6-7-9-16(12)14(19)20-15(2,3)4/h10,12H,5-9H2,1-4H3,(H,17,18). The number of carboxylic acids is 1. The second-order valence-electron chi connectivity index (χ2n) is 6.09. The minimum absolute atomic E-state index is 0.176. The van der Waals surface area contributed by atoms with Crippen LogP contribution in [0.1, 0.15) is 53.4 Å². The average Bonchev–Trinajstić information content (AvgIpc) is 2.33. The molecule has 5 heteroatoms. The molecule has 1 atom stereocenters. The van der Waals surface area contributed by atoms with Crippen molar-refractivity contribution in [3.63, 3.8) is 0 Å². The summed E-state index contributed by atoms with van der Waals surface area (Å²) in [5.41, 5.74) is -0.186. The van der Waals surface area contributed by atoms with Crippen LogP contribution in [0, 0.1) is 0 Å². The smallest absolute Gasteiger partial charge is 0.410 e. The molecule has 1 fully saturated rings. The highest BCUT2D eigenvalue weighted by molar-refractivity contribution is 5.86. The van der Waals surface area contributed by atoms with Crippen LogP contribution in [0.15, 0.2) is 11.6 Å². The molecular formula is C15H25NO4. The van der Waals surface area contributed by atoms with Crippen molar-refractivity contribution < 1.29 is 19.4 Å². The van der Waals surface area contributed by atoms with Crippen molar-refractivity contribution in [3.8, 4) is 0 Å². The summed E-state index contributed by atoms with van der Waals surface area (Å²) in [6, 6.07) is -0.176. The Hall–Kier alpha value is -1.52. The predicted octanol–water partition coefficient (Wildman–Crippen LogP) is 3.20. The number of carbonyl (C=O) groups is 2. The lowest BCUT2D eigenvalue weighted by molar-refractivity contribution is -0.132. The first-order valence-corrected chi connectivity index (χ1v) is 7.18. The number of amides is 1. The van der Waals surface area contributed by atoms with E-state index < -0.39 is 11.6 Å². The van der Waals surface area contributed by atoms with Gasteiger partial charge in [-0.25, -0.2) is 9.59 Å². The Labute approximate surface area is 120 Å². The molecular weight excluding hydrogens is 258 g/mol. The monoisotopic (exact) mass is 283 g/mol. The maximum absolute atomic E-state index is 12.2. The molecule has 0 saturated carbocycles. The van der Waals surface area contributed by atoms with Gasteiger partial charge in [-0.3, -0.25) is 0 Å². The molecule has 20 heavy (non-hydrogen) atoms. The molecule has 0 radical (unpaired) electrons. The van der Waals surface area contributed by atoms with Crippen LogP contribution in [-0.2, 0) is 9.53 Å². The minimum atomic E-state index is -0.915. The molecule has 0 aromatic carbocycles. The number of piperidine rings is 1. The Morgan fingerprint density at radius 3 is 2.50 bits per heavy atom. The highest BCUT2D eigenvalue weighted by Gasteiger charge is 2.29. The first kappa shape index (κ1) is 16.5. The van der Waals surface area contributed by atoms with Gasteiger partial charge in [0.05, 0.1) is 6.04 Å². The molecule has 0 bridgehead atoms. The van der Waals surface area contributed by atoms with Gasteiger partial charge in [-0.05, 0) is 46.5 Å². The Morgan fingerprint density at radius 2 is 2.00 bits per heavy atom. The number of nitrogens with zero attached hydrogens (tertiary/aromatic N) is 1. The van der Waals surface area contributed by atoms with E-state index in [1.165, 1.54) is 0 Å². The summed E-state index contributed by atoms with van der Waals surface area (Å²) in [4.78, 5) is 24.9. The summed E-state index contributed by atoms with van der Waals surface area (Å²) in [5.74, 6) is -0.915. The SMILES string of the molecule is CCC(=CC1CCCCN1C(=O)OC(C)(C)C)C(=O)O. The zero-order chi connectivity index (χ0) is 15.3. The van der Waals surface area contributed by atoms with Crippen molar-refractivity contribution in [2.75, 3.05) is 6.54 Å². The van der Waals surface area contributed by atoms with Gasteiger partial charge >= 0.3 is 12.1 Å². The third-order valence-electron chi connectivity index (χ3n) is 3.23. The fourth-order valence-electron chi connectivity index (χ4n) is 2.25. The topological polar surface area (TPSA) is 66.8 Å². The van der Waals surface area contributed by atoms with Crippen LogP contribution in [0.4, 0.5) is 4.79 Å². The number of hydrogen-bond acceptors (Lipinski definition) is 3. The number of carboxylic acid groups (broad SMARTS) is 1. The Balaban J connectivity index is 2.86. The molecule has 0 aliphatic carbocycles. The molecule has 1 unspecified atom stereocenters. The second-order valence-corrected chi connectivity index (χ2v) is 6.09. The first-order chi connectivity index (χ1) is 9.24. The van der Waals surface area contributed by atoms with E-state index in [0.29, 0.717) is 18.5 Å². The van der Waals surface area contributed by atoms with Gasteiger partial charge in [-0.1, -0.05) is 13.0 Å². The van der Waals surface area contributed by atoms with Gasteiger partial charge in [0.15, 0.2) is 0 Å². The van der Waals surface area contributed by atoms with E-state index in [0.717, 1.165) is 19.3 Å². The van der Waals surface area contributed by atoms with E-state index in [2.05, 4.69) is 0 Å². The highest BCUT2D eigenvalue weighted by Crippen LogP contribution is 2.22. The van der Waals surface area contributed by atoms with Gasteiger partial charge in [0, 0.05) is 12.1 Å². The number of aliphatic carboxylic acids is 1. The molecule has 1 amide bonds. The molecule has 1 rings (SSSR count). The zero-order valence-corrected chi connectivity index (χ0v) is 12.8. The van der Waals surface area contributed by atoms with Crippen molar-refractivity contribution in [2.24, 2.45) is 0 Å². The molecule has 1 heterocycles. The minimum Gasteiger partial charge on any atom is -0.478 e. The molecule has 0 aromatic rings. The third kappa shape index (κ3) is 4.87. The summed E-state index contributed by atoms with van der Waals surface area (Å²) in [5, 5.41) is 9.11. The lowest BCUT2D eigenvalue weighted by Gasteiger charge is -2.35. The van der Waals surface area contributed by atoms with Crippen LogP contribution >= 0.6 is 0 Å².